The van der Waals surface area contributed by atoms with Crippen molar-refractivity contribution >= 4 is 5.97 Å². The SMILES string of the molecule is Cc1cncc(-c2noc(CC(=O)O)n2)c1. The molecule has 0 saturated heterocycles. The minimum absolute atomic E-state index is 0.0870. The number of carboxylic acids is 1. The van der Waals surface area contributed by atoms with Crippen molar-refractivity contribution in [1.82, 2.24) is 15.1 Å². The number of hydrogen-bond donors (Lipinski definition) is 1. The summed E-state index contributed by atoms with van der Waals surface area (Å²) in [6, 6.07) is 1.85. The monoisotopic (exact) mass is 219 g/mol. The van der Waals surface area contributed by atoms with Gasteiger partial charge in [-0.15, -0.1) is 0 Å². The average molecular weight is 219 g/mol. The Hall–Kier alpha value is -2.24. The molecule has 2 aromatic heterocycles. The standard InChI is InChI=1S/C10H9N3O3/c1-6-2-7(5-11-4-6)10-12-8(16-13-10)3-9(14)15/h2,4-5H,3H2,1H3,(H,14,15). The van der Waals surface area contributed by atoms with Crippen LogP contribution in [0.2, 0.25) is 0 Å². The molecule has 0 fully saturated rings. The number of pyridine rings is 1. The molecule has 2 rings (SSSR count). The summed E-state index contributed by atoms with van der Waals surface area (Å²) in [6.45, 7) is 1.90. The summed E-state index contributed by atoms with van der Waals surface area (Å²) >= 11 is 0. The lowest BCUT2D eigenvalue weighted by atomic mass is 10.2. The van der Waals surface area contributed by atoms with Gasteiger partial charge in [0.15, 0.2) is 0 Å². The molecular formula is C10H9N3O3. The van der Waals surface area contributed by atoms with E-state index in [1.807, 2.05) is 13.0 Å². The molecule has 0 atom stereocenters. The Bertz CT molecular complexity index is 522. The highest BCUT2D eigenvalue weighted by atomic mass is 16.5. The lowest BCUT2D eigenvalue weighted by Gasteiger charge is -1.94. The maximum Gasteiger partial charge on any atom is 0.312 e. The minimum Gasteiger partial charge on any atom is -0.481 e. The van der Waals surface area contributed by atoms with Crippen LogP contribution < -0.4 is 0 Å². The molecule has 0 aromatic carbocycles. The van der Waals surface area contributed by atoms with Crippen LogP contribution in [0, 0.1) is 6.92 Å². The van der Waals surface area contributed by atoms with E-state index in [-0.39, 0.29) is 12.3 Å². The zero-order valence-corrected chi connectivity index (χ0v) is 8.54. The van der Waals surface area contributed by atoms with Crippen LogP contribution in [0.1, 0.15) is 11.5 Å². The summed E-state index contributed by atoms with van der Waals surface area (Å²) in [5.41, 5.74) is 1.68. The van der Waals surface area contributed by atoms with Gasteiger partial charge in [-0.2, -0.15) is 4.98 Å². The average Bonchev–Trinajstić information content (AvgIpc) is 2.65. The fourth-order valence-electron chi connectivity index (χ4n) is 1.25. The largest absolute Gasteiger partial charge is 0.481 e. The summed E-state index contributed by atoms with van der Waals surface area (Å²) in [6.07, 6.45) is 3.04. The predicted octanol–water partition coefficient (Wildman–Crippen LogP) is 1.07. The Morgan fingerprint density at radius 3 is 3.00 bits per heavy atom. The number of aliphatic carboxylic acids is 1. The second-order valence-corrected chi connectivity index (χ2v) is 3.33. The fourth-order valence-corrected chi connectivity index (χ4v) is 1.25. The number of hydrogen-bond acceptors (Lipinski definition) is 5. The first kappa shape index (κ1) is 10.3. The van der Waals surface area contributed by atoms with Crippen molar-refractivity contribution < 1.29 is 14.4 Å². The van der Waals surface area contributed by atoms with E-state index in [0.29, 0.717) is 11.4 Å². The number of nitrogens with zero attached hydrogens (tertiary/aromatic N) is 3. The predicted molar refractivity (Wildman–Crippen MR) is 53.6 cm³/mol. The van der Waals surface area contributed by atoms with Gasteiger partial charge in [0.25, 0.3) is 0 Å². The van der Waals surface area contributed by atoms with Crippen molar-refractivity contribution in [2.24, 2.45) is 0 Å². The minimum atomic E-state index is -1.00. The smallest absolute Gasteiger partial charge is 0.312 e. The van der Waals surface area contributed by atoms with Crippen LogP contribution in [-0.2, 0) is 11.2 Å². The fraction of sp³-hybridized carbons (Fsp3) is 0.200. The number of carbonyl (C=O) groups is 1. The lowest BCUT2D eigenvalue weighted by molar-refractivity contribution is -0.136. The molecule has 6 nitrogen and oxygen atoms in total. The van der Waals surface area contributed by atoms with Crippen molar-refractivity contribution in [3.8, 4) is 11.4 Å². The topological polar surface area (TPSA) is 89.1 Å². The first-order valence-electron chi connectivity index (χ1n) is 4.61. The summed E-state index contributed by atoms with van der Waals surface area (Å²) in [5, 5.41) is 12.2. The molecular weight excluding hydrogens is 210 g/mol. The van der Waals surface area contributed by atoms with E-state index in [9.17, 15) is 4.79 Å². The first-order valence-corrected chi connectivity index (χ1v) is 4.61. The van der Waals surface area contributed by atoms with Gasteiger partial charge in [0.05, 0.1) is 0 Å². The van der Waals surface area contributed by atoms with Crippen LogP contribution in [0.4, 0.5) is 0 Å². The molecule has 0 radical (unpaired) electrons. The molecule has 0 aliphatic carbocycles. The van der Waals surface area contributed by atoms with E-state index < -0.39 is 5.97 Å². The number of aryl methyl sites for hydroxylation is 1. The Morgan fingerprint density at radius 2 is 2.31 bits per heavy atom. The third-order valence-corrected chi connectivity index (χ3v) is 1.90. The summed E-state index contributed by atoms with van der Waals surface area (Å²) in [5.74, 6) is -0.561. The van der Waals surface area contributed by atoms with E-state index >= 15 is 0 Å². The van der Waals surface area contributed by atoms with Gasteiger partial charge >= 0.3 is 5.97 Å². The molecule has 2 aromatic rings. The molecule has 0 saturated carbocycles. The number of carboxylic acid groups (broad SMARTS) is 1. The third-order valence-electron chi connectivity index (χ3n) is 1.90. The molecule has 82 valence electrons. The molecule has 0 aliphatic heterocycles. The summed E-state index contributed by atoms with van der Waals surface area (Å²) < 4.78 is 4.80. The Kier molecular flexibility index (Phi) is 2.63. The van der Waals surface area contributed by atoms with Crippen LogP contribution in [0.3, 0.4) is 0 Å². The van der Waals surface area contributed by atoms with Crippen molar-refractivity contribution in [3.63, 3.8) is 0 Å². The highest BCUT2D eigenvalue weighted by Crippen LogP contribution is 2.15. The molecule has 0 aliphatic rings. The van der Waals surface area contributed by atoms with Crippen molar-refractivity contribution in [3.05, 3.63) is 29.9 Å². The van der Waals surface area contributed by atoms with Crippen molar-refractivity contribution in [1.29, 1.82) is 0 Å². The summed E-state index contributed by atoms with van der Waals surface area (Å²) in [4.78, 5) is 18.4. The van der Waals surface area contributed by atoms with Crippen molar-refractivity contribution in [2.45, 2.75) is 13.3 Å². The number of aromatic nitrogens is 3. The zero-order chi connectivity index (χ0) is 11.5. The van der Waals surface area contributed by atoms with E-state index in [1.54, 1.807) is 12.4 Å². The van der Waals surface area contributed by atoms with Gasteiger partial charge in [0, 0.05) is 18.0 Å². The van der Waals surface area contributed by atoms with Gasteiger partial charge in [-0.3, -0.25) is 9.78 Å². The molecule has 0 bridgehead atoms. The van der Waals surface area contributed by atoms with Gasteiger partial charge in [0.1, 0.15) is 6.42 Å². The van der Waals surface area contributed by atoms with E-state index in [4.69, 9.17) is 9.63 Å². The molecule has 6 heteroatoms. The first-order chi connectivity index (χ1) is 7.65. The maximum atomic E-state index is 10.4. The molecule has 0 spiro atoms. The highest BCUT2D eigenvalue weighted by Gasteiger charge is 2.11. The Labute approximate surface area is 90.9 Å². The second-order valence-electron chi connectivity index (χ2n) is 3.33. The number of rotatable bonds is 3. The summed E-state index contributed by atoms with van der Waals surface area (Å²) in [7, 11) is 0. The van der Waals surface area contributed by atoms with Crippen LogP contribution in [0.5, 0.6) is 0 Å². The Balaban J connectivity index is 2.28. The lowest BCUT2D eigenvalue weighted by Crippen LogP contribution is -1.99. The van der Waals surface area contributed by atoms with E-state index in [1.165, 1.54) is 0 Å². The van der Waals surface area contributed by atoms with E-state index in [2.05, 4.69) is 15.1 Å². The van der Waals surface area contributed by atoms with Crippen LogP contribution >= 0.6 is 0 Å². The molecule has 16 heavy (non-hydrogen) atoms. The van der Waals surface area contributed by atoms with Crippen molar-refractivity contribution in [2.75, 3.05) is 0 Å². The molecule has 1 N–H and O–H groups in total. The molecule has 0 unspecified atom stereocenters. The second kappa shape index (κ2) is 4.09. The third kappa shape index (κ3) is 2.22. The van der Waals surface area contributed by atoms with Crippen LogP contribution in [0.15, 0.2) is 23.0 Å². The van der Waals surface area contributed by atoms with Gasteiger partial charge in [0.2, 0.25) is 11.7 Å². The van der Waals surface area contributed by atoms with E-state index in [0.717, 1.165) is 5.56 Å². The maximum absolute atomic E-state index is 10.4. The highest BCUT2D eigenvalue weighted by molar-refractivity contribution is 5.69. The van der Waals surface area contributed by atoms with Gasteiger partial charge in [-0.25, -0.2) is 0 Å². The van der Waals surface area contributed by atoms with Gasteiger partial charge in [-0.1, -0.05) is 5.16 Å². The quantitative estimate of drug-likeness (QED) is 0.830. The zero-order valence-electron chi connectivity index (χ0n) is 8.54. The molecule has 2 heterocycles. The van der Waals surface area contributed by atoms with Crippen LogP contribution in [-0.4, -0.2) is 26.2 Å². The van der Waals surface area contributed by atoms with Gasteiger partial charge in [-0.05, 0) is 18.6 Å². The molecule has 0 amide bonds. The van der Waals surface area contributed by atoms with Crippen LogP contribution in [0.25, 0.3) is 11.4 Å². The van der Waals surface area contributed by atoms with Gasteiger partial charge < -0.3 is 9.63 Å². The Morgan fingerprint density at radius 1 is 1.50 bits per heavy atom. The normalized spacial score (nSPS) is 10.3.